The van der Waals surface area contributed by atoms with Crippen LogP contribution in [0.4, 0.5) is 14.5 Å². The Morgan fingerprint density at radius 1 is 1.17 bits per heavy atom. The lowest BCUT2D eigenvalue weighted by atomic mass is 10.2. The Bertz CT molecular complexity index is 694. The van der Waals surface area contributed by atoms with Crippen LogP contribution in [0.1, 0.15) is 5.69 Å². The Morgan fingerprint density at radius 3 is 2.33 bits per heavy atom. The van der Waals surface area contributed by atoms with Crippen LogP contribution in [-0.4, -0.2) is 4.57 Å². The topological polar surface area (TPSA) is 26.4 Å². The summed E-state index contributed by atoms with van der Waals surface area (Å²) in [4.78, 5) is 15.0. The average Bonchev–Trinajstić information content (AvgIpc) is 2.28. The summed E-state index contributed by atoms with van der Waals surface area (Å²) in [6, 6.07) is 5.76. The second-order valence-electron chi connectivity index (χ2n) is 3.74. The Morgan fingerprint density at radius 2 is 1.78 bits per heavy atom. The van der Waals surface area contributed by atoms with Crippen molar-refractivity contribution >= 4 is 5.69 Å². The zero-order valence-electron chi connectivity index (χ0n) is 9.45. The predicted molar refractivity (Wildman–Crippen MR) is 63.0 cm³/mol. The highest BCUT2D eigenvalue weighted by Gasteiger charge is 2.10. The van der Waals surface area contributed by atoms with Gasteiger partial charge in [-0.25, -0.2) is 13.6 Å². The average molecular weight is 246 g/mol. The minimum atomic E-state index is -0.774. The Kier molecular flexibility index (Phi) is 2.94. The van der Waals surface area contributed by atoms with Crippen LogP contribution in [-0.2, 0) is 0 Å². The number of rotatable bonds is 1. The van der Waals surface area contributed by atoms with Crippen molar-refractivity contribution in [3.05, 3.63) is 69.4 Å². The molecule has 3 nitrogen and oxygen atoms in total. The lowest BCUT2D eigenvalue weighted by molar-refractivity contribution is 0.581. The Labute approximate surface area is 102 Å². The van der Waals surface area contributed by atoms with Crippen molar-refractivity contribution in [2.75, 3.05) is 0 Å². The molecule has 90 valence electrons. The monoisotopic (exact) mass is 246 g/mol. The summed E-state index contributed by atoms with van der Waals surface area (Å²) in [5.74, 6) is -1.55. The maximum absolute atomic E-state index is 13.1. The van der Waals surface area contributed by atoms with Crippen LogP contribution in [0.25, 0.3) is 10.5 Å². The fourth-order valence-corrected chi connectivity index (χ4v) is 1.69. The molecule has 5 heteroatoms. The number of hydrogen-bond donors (Lipinski definition) is 0. The molecule has 0 aliphatic carbocycles. The Hall–Kier alpha value is -2.48. The molecule has 1 aromatic carbocycles. The van der Waals surface area contributed by atoms with Crippen LogP contribution in [0.5, 0.6) is 0 Å². The molecule has 0 unspecified atom stereocenters. The molecule has 0 radical (unpaired) electrons. The number of benzene rings is 1. The molecule has 0 aliphatic rings. The number of aryl methyl sites for hydroxylation is 1. The third kappa shape index (κ3) is 2.00. The van der Waals surface area contributed by atoms with E-state index in [4.69, 9.17) is 6.57 Å². The van der Waals surface area contributed by atoms with E-state index in [9.17, 15) is 13.6 Å². The summed E-state index contributed by atoms with van der Waals surface area (Å²) in [6.07, 6.45) is 0. The first-order valence-corrected chi connectivity index (χ1v) is 5.09. The third-order valence-corrected chi connectivity index (χ3v) is 2.48. The van der Waals surface area contributed by atoms with Gasteiger partial charge in [-0.05, 0) is 25.1 Å². The first-order chi connectivity index (χ1) is 8.52. The molecule has 0 spiro atoms. The highest BCUT2D eigenvalue weighted by atomic mass is 19.1. The van der Waals surface area contributed by atoms with Crippen LogP contribution >= 0.6 is 0 Å². The normalized spacial score (nSPS) is 10.1. The summed E-state index contributed by atoms with van der Waals surface area (Å²) in [5.41, 5.74) is -0.113. The van der Waals surface area contributed by atoms with Crippen molar-refractivity contribution in [2.24, 2.45) is 0 Å². The van der Waals surface area contributed by atoms with E-state index in [1.54, 1.807) is 13.0 Å². The van der Waals surface area contributed by atoms with E-state index in [0.29, 0.717) is 5.69 Å². The smallest absolute Gasteiger partial charge is 0.261 e. The van der Waals surface area contributed by atoms with E-state index >= 15 is 0 Å². The molecular formula is C13H8F2N2O. The van der Waals surface area contributed by atoms with E-state index in [-0.39, 0.29) is 11.4 Å². The number of halogens is 2. The fourth-order valence-electron chi connectivity index (χ4n) is 1.69. The van der Waals surface area contributed by atoms with Gasteiger partial charge in [0, 0.05) is 11.8 Å². The van der Waals surface area contributed by atoms with Crippen LogP contribution in [0, 0.1) is 25.1 Å². The highest BCUT2D eigenvalue weighted by molar-refractivity contribution is 5.46. The largest absolute Gasteiger partial charge is 0.290 e. The van der Waals surface area contributed by atoms with Gasteiger partial charge in [-0.3, -0.25) is 9.36 Å². The summed E-state index contributed by atoms with van der Waals surface area (Å²) < 4.78 is 27.4. The van der Waals surface area contributed by atoms with E-state index in [0.717, 1.165) is 22.8 Å². The molecule has 0 fully saturated rings. The molecule has 1 aromatic heterocycles. The van der Waals surface area contributed by atoms with Crippen molar-refractivity contribution in [3.63, 3.8) is 0 Å². The van der Waals surface area contributed by atoms with Crippen molar-refractivity contribution in [2.45, 2.75) is 6.92 Å². The van der Waals surface area contributed by atoms with E-state index in [2.05, 4.69) is 4.85 Å². The minimum absolute atomic E-state index is 0.0699. The number of hydrogen-bond acceptors (Lipinski definition) is 1. The van der Waals surface area contributed by atoms with Gasteiger partial charge in [-0.15, -0.1) is 0 Å². The highest BCUT2D eigenvalue weighted by Crippen LogP contribution is 2.15. The zero-order valence-corrected chi connectivity index (χ0v) is 9.45. The predicted octanol–water partition coefficient (Wildman–Crippen LogP) is 2.97. The van der Waals surface area contributed by atoms with E-state index in [1.165, 1.54) is 6.07 Å². The van der Waals surface area contributed by atoms with Gasteiger partial charge in [0.15, 0.2) is 0 Å². The van der Waals surface area contributed by atoms with Crippen molar-refractivity contribution in [1.82, 2.24) is 4.57 Å². The van der Waals surface area contributed by atoms with Gasteiger partial charge in [0.2, 0.25) is 0 Å². The lowest BCUT2D eigenvalue weighted by Gasteiger charge is -2.10. The van der Waals surface area contributed by atoms with Crippen LogP contribution in [0.15, 0.2) is 35.1 Å². The van der Waals surface area contributed by atoms with Crippen LogP contribution < -0.4 is 5.56 Å². The maximum Gasteiger partial charge on any atom is 0.261 e. The van der Waals surface area contributed by atoms with E-state index < -0.39 is 17.2 Å². The molecule has 0 saturated heterocycles. The second-order valence-corrected chi connectivity index (χ2v) is 3.74. The molecule has 2 aromatic rings. The standard InChI is InChI=1S/C13H8F2N2O/c1-8-3-4-12(16-2)13(18)17(8)11-6-9(14)5-10(15)7-11/h3-7H,1H3. The summed E-state index contributed by atoms with van der Waals surface area (Å²) >= 11 is 0. The molecule has 0 atom stereocenters. The maximum atomic E-state index is 13.1. The third-order valence-electron chi connectivity index (χ3n) is 2.48. The Balaban J connectivity index is 2.79. The van der Waals surface area contributed by atoms with Gasteiger partial charge in [-0.2, -0.15) is 0 Å². The fraction of sp³-hybridized carbons (Fsp3) is 0.0769. The number of pyridine rings is 1. The van der Waals surface area contributed by atoms with Crippen LogP contribution in [0.2, 0.25) is 0 Å². The quantitative estimate of drug-likeness (QED) is 0.710. The van der Waals surface area contributed by atoms with Gasteiger partial charge in [-0.1, -0.05) is 6.07 Å². The van der Waals surface area contributed by atoms with Crippen molar-refractivity contribution in [3.8, 4) is 5.69 Å². The van der Waals surface area contributed by atoms with Crippen LogP contribution in [0.3, 0.4) is 0 Å². The number of nitrogens with zero attached hydrogens (tertiary/aromatic N) is 2. The van der Waals surface area contributed by atoms with Crippen molar-refractivity contribution in [1.29, 1.82) is 0 Å². The van der Waals surface area contributed by atoms with Gasteiger partial charge >= 0.3 is 0 Å². The first kappa shape index (κ1) is 12.0. The summed E-state index contributed by atoms with van der Waals surface area (Å²) in [5, 5.41) is 0. The summed E-state index contributed by atoms with van der Waals surface area (Å²) in [6.45, 7) is 8.49. The molecule has 0 N–H and O–H groups in total. The summed E-state index contributed by atoms with van der Waals surface area (Å²) in [7, 11) is 0. The molecule has 0 bridgehead atoms. The lowest BCUT2D eigenvalue weighted by Crippen LogP contribution is -2.19. The number of aromatic nitrogens is 1. The van der Waals surface area contributed by atoms with Crippen molar-refractivity contribution < 1.29 is 8.78 Å². The molecule has 18 heavy (non-hydrogen) atoms. The molecule has 0 aliphatic heterocycles. The van der Waals surface area contributed by atoms with Gasteiger partial charge in [0.05, 0.1) is 12.3 Å². The van der Waals surface area contributed by atoms with Gasteiger partial charge < -0.3 is 0 Å². The molecule has 1 heterocycles. The SMILES string of the molecule is [C-]#[N+]c1ccc(C)n(-c2cc(F)cc(F)c2)c1=O. The first-order valence-electron chi connectivity index (χ1n) is 5.09. The molecule has 0 saturated carbocycles. The second kappa shape index (κ2) is 4.41. The van der Waals surface area contributed by atoms with Gasteiger partial charge in [0.1, 0.15) is 11.6 Å². The molecule has 0 amide bonds. The van der Waals surface area contributed by atoms with E-state index in [1.807, 2.05) is 0 Å². The minimum Gasteiger partial charge on any atom is -0.290 e. The molecule has 2 rings (SSSR count). The molecular weight excluding hydrogens is 238 g/mol. The zero-order chi connectivity index (χ0) is 13.3. The van der Waals surface area contributed by atoms with Gasteiger partial charge in [0.25, 0.3) is 11.2 Å².